The Morgan fingerprint density at radius 1 is 0.950 bits per heavy atom. The fourth-order valence-corrected chi connectivity index (χ4v) is 2.38. The molecule has 0 aliphatic carbocycles. The van der Waals surface area contributed by atoms with Crippen LogP contribution in [0.4, 0.5) is 21.7 Å². The van der Waals surface area contributed by atoms with Crippen LogP contribution in [0.2, 0.25) is 0 Å². The normalized spacial score (nSPS) is 15.4. The van der Waals surface area contributed by atoms with Crippen molar-refractivity contribution in [1.29, 1.82) is 0 Å². The van der Waals surface area contributed by atoms with E-state index in [1.165, 1.54) is 6.07 Å². The van der Waals surface area contributed by atoms with Gasteiger partial charge in [-0.15, -0.1) is 0 Å². The van der Waals surface area contributed by atoms with Crippen LogP contribution in [0.3, 0.4) is 0 Å². The van der Waals surface area contributed by atoms with Gasteiger partial charge >= 0.3 is 0 Å². The number of nitrogen functional groups attached to an aromatic ring is 1. The number of nitrogens with two attached hydrogens (primary N) is 1. The number of halogens is 1. The van der Waals surface area contributed by atoms with Crippen molar-refractivity contribution in [3.05, 3.63) is 42.5 Å². The van der Waals surface area contributed by atoms with Gasteiger partial charge in [0.2, 0.25) is 0 Å². The molecule has 1 aliphatic rings. The van der Waals surface area contributed by atoms with Crippen molar-refractivity contribution in [3.8, 4) is 0 Å². The topological polar surface area (TPSA) is 58.3 Å². The van der Waals surface area contributed by atoms with Gasteiger partial charge in [-0.05, 0) is 12.1 Å². The zero-order chi connectivity index (χ0) is 13.9. The Kier molecular flexibility index (Phi) is 3.37. The van der Waals surface area contributed by atoms with E-state index in [2.05, 4.69) is 19.8 Å². The summed E-state index contributed by atoms with van der Waals surface area (Å²) in [6.07, 6.45) is 3.23. The molecule has 1 saturated heterocycles. The lowest BCUT2D eigenvalue weighted by Gasteiger charge is -2.36. The molecule has 2 aromatic rings. The smallest absolute Gasteiger partial charge is 0.147 e. The largest absolute Gasteiger partial charge is 0.382 e. The minimum atomic E-state index is -0.173. The molecule has 6 heteroatoms. The lowest BCUT2D eigenvalue weighted by atomic mass is 10.2. The number of hydrogen-bond acceptors (Lipinski definition) is 5. The second kappa shape index (κ2) is 5.32. The Hall–Kier alpha value is -2.37. The third-order valence-corrected chi connectivity index (χ3v) is 3.45. The van der Waals surface area contributed by atoms with Crippen LogP contribution in [0, 0.1) is 5.82 Å². The van der Waals surface area contributed by atoms with Crippen LogP contribution in [-0.4, -0.2) is 36.1 Å². The summed E-state index contributed by atoms with van der Waals surface area (Å²) in [5.74, 6) is 1.05. The molecule has 1 aromatic heterocycles. The van der Waals surface area contributed by atoms with Crippen molar-refractivity contribution in [1.82, 2.24) is 9.97 Å². The number of nitrogens with zero attached hydrogens (tertiary/aromatic N) is 4. The molecule has 5 nitrogen and oxygen atoms in total. The Balaban J connectivity index is 1.68. The second-order valence-electron chi connectivity index (χ2n) is 4.72. The molecule has 0 amide bonds. The van der Waals surface area contributed by atoms with Crippen molar-refractivity contribution in [3.63, 3.8) is 0 Å². The third kappa shape index (κ3) is 2.49. The van der Waals surface area contributed by atoms with Gasteiger partial charge in [-0.3, -0.25) is 0 Å². The molecule has 2 heterocycles. The standard InChI is InChI=1S/C14H16FN5/c15-11-3-1-2-4-12(11)19-5-7-20(8-6-19)14-10-17-13(16)9-18-14/h1-4,9-10H,5-8H2,(H2,16,17). The Morgan fingerprint density at radius 2 is 1.65 bits per heavy atom. The Morgan fingerprint density at radius 3 is 2.30 bits per heavy atom. The summed E-state index contributed by atoms with van der Waals surface area (Å²) in [5, 5.41) is 0. The molecule has 0 atom stereocenters. The third-order valence-electron chi connectivity index (χ3n) is 3.45. The minimum Gasteiger partial charge on any atom is -0.382 e. The van der Waals surface area contributed by atoms with Crippen molar-refractivity contribution < 1.29 is 4.39 Å². The van der Waals surface area contributed by atoms with E-state index in [0.29, 0.717) is 11.5 Å². The molecule has 0 spiro atoms. The first-order valence-electron chi connectivity index (χ1n) is 6.56. The average Bonchev–Trinajstić information content (AvgIpc) is 2.49. The summed E-state index contributed by atoms with van der Waals surface area (Å²) in [6, 6.07) is 6.87. The lowest BCUT2D eigenvalue weighted by molar-refractivity contribution is 0.596. The van der Waals surface area contributed by atoms with E-state index in [1.807, 2.05) is 12.1 Å². The van der Waals surface area contributed by atoms with Crippen LogP contribution < -0.4 is 15.5 Å². The molecule has 1 aliphatic heterocycles. The molecule has 0 saturated carbocycles. The zero-order valence-electron chi connectivity index (χ0n) is 11.0. The monoisotopic (exact) mass is 273 g/mol. The SMILES string of the molecule is Nc1cnc(N2CCN(c3ccccc3F)CC2)cn1. The van der Waals surface area contributed by atoms with Crippen molar-refractivity contribution in [2.45, 2.75) is 0 Å². The van der Waals surface area contributed by atoms with E-state index < -0.39 is 0 Å². The van der Waals surface area contributed by atoms with Gasteiger partial charge in [-0.1, -0.05) is 12.1 Å². The first kappa shape index (κ1) is 12.7. The van der Waals surface area contributed by atoms with Gasteiger partial charge in [-0.2, -0.15) is 0 Å². The van der Waals surface area contributed by atoms with E-state index >= 15 is 0 Å². The number of para-hydroxylation sites is 1. The first-order chi connectivity index (χ1) is 9.74. The lowest BCUT2D eigenvalue weighted by Crippen LogP contribution is -2.47. The summed E-state index contributed by atoms with van der Waals surface area (Å²) < 4.78 is 13.7. The average molecular weight is 273 g/mol. The highest BCUT2D eigenvalue weighted by Gasteiger charge is 2.20. The molecule has 20 heavy (non-hydrogen) atoms. The number of piperazine rings is 1. The number of hydrogen-bond donors (Lipinski definition) is 1. The molecular weight excluding hydrogens is 257 g/mol. The van der Waals surface area contributed by atoms with Crippen LogP contribution >= 0.6 is 0 Å². The molecule has 0 bridgehead atoms. The van der Waals surface area contributed by atoms with E-state index in [1.54, 1.807) is 18.5 Å². The number of benzene rings is 1. The maximum atomic E-state index is 13.7. The van der Waals surface area contributed by atoms with Crippen molar-refractivity contribution >= 4 is 17.3 Å². The number of rotatable bonds is 2. The van der Waals surface area contributed by atoms with Crippen LogP contribution in [0.5, 0.6) is 0 Å². The van der Waals surface area contributed by atoms with Gasteiger partial charge in [0.25, 0.3) is 0 Å². The van der Waals surface area contributed by atoms with Gasteiger partial charge in [0.05, 0.1) is 18.1 Å². The number of anilines is 3. The number of aromatic nitrogens is 2. The molecule has 1 aromatic carbocycles. The molecule has 0 unspecified atom stereocenters. The molecule has 0 radical (unpaired) electrons. The molecule has 3 rings (SSSR count). The van der Waals surface area contributed by atoms with Crippen LogP contribution in [-0.2, 0) is 0 Å². The van der Waals surface area contributed by atoms with Crippen LogP contribution in [0.25, 0.3) is 0 Å². The van der Waals surface area contributed by atoms with E-state index in [-0.39, 0.29) is 5.82 Å². The summed E-state index contributed by atoms with van der Waals surface area (Å²) in [5.41, 5.74) is 6.19. The van der Waals surface area contributed by atoms with E-state index in [9.17, 15) is 4.39 Å². The molecule has 104 valence electrons. The second-order valence-corrected chi connectivity index (χ2v) is 4.72. The molecular formula is C14H16FN5. The summed E-state index contributed by atoms with van der Waals surface area (Å²) in [4.78, 5) is 12.5. The predicted octanol–water partition coefficient (Wildman–Crippen LogP) is 1.52. The minimum absolute atomic E-state index is 0.173. The van der Waals surface area contributed by atoms with Gasteiger partial charge in [-0.25, -0.2) is 14.4 Å². The van der Waals surface area contributed by atoms with Crippen molar-refractivity contribution in [2.24, 2.45) is 0 Å². The Bertz CT molecular complexity index is 578. The quantitative estimate of drug-likeness (QED) is 0.899. The van der Waals surface area contributed by atoms with E-state index in [4.69, 9.17) is 5.73 Å². The summed E-state index contributed by atoms with van der Waals surface area (Å²) in [7, 11) is 0. The summed E-state index contributed by atoms with van der Waals surface area (Å²) in [6.45, 7) is 3.08. The fourth-order valence-electron chi connectivity index (χ4n) is 2.38. The van der Waals surface area contributed by atoms with Gasteiger partial charge in [0.1, 0.15) is 17.5 Å². The molecule has 1 fully saturated rings. The van der Waals surface area contributed by atoms with E-state index in [0.717, 1.165) is 32.0 Å². The van der Waals surface area contributed by atoms with Gasteiger partial charge in [0.15, 0.2) is 0 Å². The Labute approximate surface area is 116 Å². The van der Waals surface area contributed by atoms with Gasteiger partial charge < -0.3 is 15.5 Å². The highest BCUT2D eigenvalue weighted by Crippen LogP contribution is 2.21. The van der Waals surface area contributed by atoms with Crippen molar-refractivity contribution in [2.75, 3.05) is 41.7 Å². The summed E-state index contributed by atoms with van der Waals surface area (Å²) >= 11 is 0. The maximum absolute atomic E-state index is 13.7. The highest BCUT2D eigenvalue weighted by molar-refractivity contribution is 5.50. The predicted molar refractivity (Wildman–Crippen MR) is 77.3 cm³/mol. The zero-order valence-corrected chi connectivity index (χ0v) is 11.0. The molecule has 2 N–H and O–H groups in total. The fraction of sp³-hybridized carbons (Fsp3) is 0.286. The maximum Gasteiger partial charge on any atom is 0.147 e. The van der Waals surface area contributed by atoms with Crippen LogP contribution in [0.1, 0.15) is 0 Å². The van der Waals surface area contributed by atoms with Gasteiger partial charge in [0, 0.05) is 26.2 Å². The first-order valence-corrected chi connectivity index (χ1v) is 6.56. The van der Waals surface area contributed by atoms with Crippen LogP contribution in [0.15, 0.2) is 36.7 Å². The highest BCUT2D eigenvalue weighted by atomic mass is 19.1.